The number of methoxy groups -OCH3 is 1. The van der Waals surface area contributed by atoms with Crippen LogP contribution in [0.3, 0.4) is 0 Å². The lowest BCUT2D eigenvalue weighted by molar-refractivity contribution is 0.0698. The minimum atomic E-state index is -3.76. The van der Waals surface area contributed by atoms with Gasteiger partial charge in [-0.15, -0.1) is 0 Å². The zero-order valence-electron chi connectivity index (χ0n) is 12.7. The number of aromatic carboxylic acids is 1. The van der Waals surface area contributed by atoms with E-state index in [1.807, 2.05) is 0 Å². The number of hydrogen-bond donors (Lipinski definition) is 2. The van der Waals surface area contributed by atoms with Gasteiger partial charge in [-0.2, -0.15) is 0 Å². The topological polar surface area (TPSA) is 92.7 Å². The number of rotatable bonds is 6. The van der Waals surface area contributed by atoms with Gasteiger partial charge < -0.3 is 9.84 Å². The highest BCUT2D eigenvalue weighted by Crippen LogP contribution is 2.23. The first-order valence-corrected chi connectivity index (χ1v) is 8.44. The number of carbonyl (C=O) groups is 1. The molecule has 0 radical (unpaired) electrons. The van der Waals surface area contributed by atoms with Gasteiger partial charge in [-0.25, -0.2) is 13.2 Å². The predicted octanol–water partition coefficient (Wildman–Crippen LogP) is 2.64. The lowest BCUT2D eigenvalue weighted by Crippen LogP contribution is -2.18. The van der Waals surface area contributed by atoms with E-state index < -0.39 is 16.0 Å². The summed E-state index contributed by atoms with van der Waals surface area (Å²) in [4.78, 5) is 11.3. The molecule has 0 aromatic heterocycles. The largest absolute Gasteiger partial charge is 0.497 e. The van der Waals surface area contributed by atoms with E-state index in [-0.39, 0.29) is 17.0 Å². The molecule has 6 nitrogen and oxygen atoms in total. The summed E-state index contributed by atoms with van der Waals surface area (Å²) in [6.45, 7) is 1.65. The van der Waals surface area contributed by atoms with Crippen molar-refractivity contribution in [1.82, 2.24) is 0 Å². The van der Waals surface area contributed by atoms with Crippen LogP contribution < -0.4 is 9.46 Å². The lowest BCUT2D eigenvalue weighted by Gasteiger charge is -2.13. The van der Waals surface area contributed by atoms with E-state index >= 15 is 0 Å². The fourth-order valence-electron chi connectivity index (χ4n) is 2.15. The molecule has 0 spiro atoms. The summed E-state index contributed by atoms with van der Waals surface area (Å²) < 4.78 is 32.1. The highest BCUT2D eigenvalue weighted by Gasteiger charge is 2.18. The van der Waals surface area contributed by atoms with Crippen LogP contribution in [0.15, 0.2) is 42.5 Å². The molecule has 0 saturated heterocycles. The number of aryl methyl sites for hydroxylation is 1. The number of ether oxygens (including phenoxy) is 1. The second kappa shape index (κ2) is 6.70. The third-order valence-electron chi connectivity index (χ3n) is 3.25. The molecule has 0 heterocycles. The van der Waals surface area contributed by atoms with Gasteiger partial charge in [0.15, 0.2) is 0 Å². The fourth-order valence-corrected chi connectivity index (χ4v) is 3.43. The quantitative estimate of drug-likeness (QED) is 0.846. The monoisotopic (exact) mass is 335 g/mol. The zero-order chi connectivity index (χ0) is 17.0. The molecular weight excluding hydrogens is 318 g/mol. The van der Waals surface area contributed by atoms with Crippen molar-refractivity contribution in [2.75, 3.05) is 11.8 Å². The normalized spacial score (nSPS) is 11.0. The molecular formula is C16H17NO5S. The number of benzene rings is 2. The van der Waals surface area contributed by atoms with E-state index in [0.29, 0.717) is 16.9 Å². The van der Waals surface area contributed by atoms with Crippen LogP contribution in [0.5, 0.6) is 5.75 Å². The first kappa shape index (κ1) is 16.8. The number of carboxylic acid groups (broad SMARTS) is 1. The van der Waals surface area contributed by atoms with Crippen LogP contribution in [-0.2, 0) is 15.8 Å². The smallest absolute Gasteiger partial charge is 0.337 e. The van der Waals surface area contributed by atoms with E-state index in [2.05, 4.69) is 4.72 Å². The Morgan fingerprint density at radius 3 is 2.57 bits per heavy atom. The van der Waals surface area contributed by atoms with Crippen LogP contribution in [0, 0.1) is 6.92 Å². The number of anilines is 1. The molecule has 0 atom stereocenters. The standard InChI is InChI=1S/C16H17NO5S/c1-11-5-3-8-14(16(18)19)15(11)17-23(20,21)10-12-6-4-7-13(9-12)22-2/h3-9,17H,10H2,1-2H3,(H,18,19). The Balaban J connectivity index is 2.30. The van der Waals surface area contributed by atoms with Gasteiger partial charge in [-0.3, -0.25) is 4.72 Å². The molecule has 0 fully saturated rings. The van der Waals surface area contributed by atoms with Crippen LogP contribution >= 0.6 is 0 Å². The van der Waals surface area contributed by atoms with Gasteiger partial charge in [-0.1, -0.05) is 24.3 Å². The number of sulfonamides is 1. The van der Waals surface area contributed by atoms with Crippen molar-refractivity contribution in [2.45, 2.75) is 12.7 Å². The van der Waals surface area contributed by atoms with Gasteiger partial charge in [-0.05, 0) is 36.2 Å². The Morgan fingerprint density at radius 1 is 1.22 bits per heavy atom. The van der Waals surface area contributed by atoms with Crippen molar-refractivity contribution in [3.63, 3.8) is 0 Å². The summed E-state index contributed by atoms with van der Waals surface area (Å²) in [5.74, 6) is -0.912. The molecule has 122 valence electrons. The Hall–Kier alpha value is -2.54. The fraction of sp³-hybridized carbons (Fsp3) is 0.188. The summed E-state index contributed by atoms with van der Waals surface area (Å²) in [6.07, 6.45) is 0. The number of hydrogen-bond acceptors (Lipinski definition) is 4. The van der Waals surface area contributed by atoms with Crippen LogP contribution in [-0.4, -0.2) is 26.6 Å². The van der Waals surface area contributed by atoms with Gasteiger partial charge in [0.05, 0.1) is 24.1 Å². The van der Waals surface area contributed by atoms with Crippen molar-refractivity contribution in [3.05, 3.63) is 59.2 Å². The Bertz CT molecular complexity index is 830. The van der Waals surface area contributed by atoms with E-state index in [9.17, 15) is 18.3 Å². The summed E-state index contributed by atoms with van der Waals surface area (Å²) in [6, 6.07) is 11.3. The molecule has 7 heteroatoms. The third kappa shape index (κ3) is 4.23. The van der Waals surface area contributed by atoms with Gasteiger partial charge in [0.2, 0.25) is 10.0 Å². The molecule has 2 aromatic carbocycles. The number of nitrogens with one attached hydrogen (secondary N) is 1. The Kier molecular flexibility index (Phi) is 4.90. The van der Waals surface area contributed by atoms with Crippen molar-refractivity contribution < 1.29 is 23.1 Å². The van der Waals surface area contributed by atoms with Crippen molar-refractivity contribution in [3.8, 4) is 5.75 Å². The summed E-state index contributed by atoms with van der Waals surface area (Å²) >= 11 is 0. The lowest BCUT2D eigenvalue weighted by atomic mass is 10.1. The van der Waals surface area contributed by atoms with Crippen LogP contribution in [0.4, 0.5) is 5.69 Å². The van der Waals surface area contributed by atoms with Crippen LogP contribution in [0.2, 0.25) is 0 Å². The summed E-state index contributed by atoms with van der Waals surface area (Å²) in [5.41, 5.74) is 1.09. The van der Waals surface area contributed by atoms with Crippen molar-refractivity contribution in [1.29, 1.82) is 0 Å². The highest BCUT2D eigenvalue weighted by atomic mass is 32.2. The second-order valence-electron chi connectivity index (χ2n) is 5.02. The maximum atomic E-state index is 12.4. The molecule has 2 aromatic rings. The zero-order valence-corrected chi connectivity index (χ0v) is 13.6. The van der Waals surface area contributed by atoms with Gasteiger partial charge in [0.1, 0.15) is 5.75 Å². The maximum absolute atomic E-state index is 12.4. The molecule has 0 aliphatic heterocycles. The highest BCUT2D eigenvalue weighted by molar-refractivity contribution is 7.91. The van der Waals surface area contributed by atoms with E-state index in [1.54, 1.807) is 43.3 Å². The summed E-state index contributed by atoms with van der Waals surface area (Å²) in [5, 5.41) is 9.19. The molecule has 0 unspecified atom stereocenters. The van der Waals surface area contributed by atoms with E-state index in [4.69, 9.17) is 4.74 Å². The minimum Gasteiger partial charge on any atom is -0.497 e. The number of carboxylic acids is 1. The molecule has 0 bridgehead atoms. The summed E-state index contributed by atoms with van der Waals surface area (Å²) in [7, 11) is -2.26. The third-order valence-corrected chi connectivity index (χ3v) is 4.48. The Morgan fingerprint density at radius 2 is 1.91 bits per heavy atom. The number of para-hydroxylation sites is 1. The molecule has 2 N–H and O–H groups in total. The molecule has 2 rings (SSSR count). The SMILES string of the molecule is COc1cccc(CS(=O)(=O)Nc2c(C)cccc2C(=O)O)c1. The van der Waals surface area contributed by atoms with Crippen molar-refractivity contribution in [2.24, 2.45) is 0 Å². The first-order chi connectivity index (χ1) is 10.8. The minimum absolute atomic E-state index is 0.0841. The Labute approximate surface area is 134 Å². The maximum Gasteiger partial charge on any atom is 0.337 e. The average Bonchev–Trinajstić information content (AvgIpc) is 2.48. The average molecular weight is 335 g/mol. The van der Waals surface area contributed by atoms with Gasteiger partial charge >= 0.3 is 5.97 Å². The van der Waals surface area contributed by atoms with Crippen molar-refractivity contribution >= 4 is 21.7 Å². The second-order valence-corrected chi connectivity index (χ2v) is 6.74. The first-order valence-electron chi connectivity index (χ1n) is 6.79. The molecule has 23 heavy (non-hydrogen) atoms. The van der Waals surface area contributed by atoms with Gasteiger partial charge in [0.25, 0.3) is 0 Å². The van der Waals surface area contributed by atoms with Gasteiger partial charge in [0, 0.05) is 0 Å². The van der Waals surface area contributed by atoms with Crippen LogP contribution in [0.1, 0.15) is 21.5 Å². The van der Waals surface area contributed by atoms with Crippen LogP contribution in [0.25, 0.3) is 0 Å². The van der Waals surface area contributed by atoms with E-state index in [0.717, 1.165) is 0 Å². The molecule has 0 aliphatic rings. The molecule has 0 saturated carbocycles. The van der Waals surface area contributed by atoms with E-state index in [1.165, 1.54) is 13.2 Å². The predicted molar refractivity (Wildman–Crippen MR) is 87.4 cm³/mol. The molecule has 0 amide bonds. The molecule has 0 aliphatic carbocycles.